The highest BCUT2D eigenvalue weighted by atomic mass is 16.7. The third-order valence-corrected chi connectivity index (χ3v) is 5.52. The minimum Gasteiger partial charge on any atom is -0.381 e. The molecule has 0 atom stereocenters. The van der Waals surface area contributed by atoms with Crippen LogP contribution in [0.25, 0.3) is 0 Å². The molecule has 5 heteroatoms. The zero-order chi connectivity index (χ0) is 17.7. The van der Waals surface area contributed by atoms with Crippen LogP contribution in [0.1, 0.15) is 47.2 Å². The number of aryl methyl sites for hydroxylation is 2. The number of nitrogens with one attached hydrogen (secondary N) is 1. The van der Waals surface area contributed by atoms with Crippen molar-refractivity contribution >= 4 is 5.91 Å². The number of amides is 1. The molecular weight excluding hydrogens is 318 g/mol. The van der Waals surface area contributed by atoms with Crippen molar-refractivity contribution in [3.8, 4) is 0 Å². The van der Waals surface area contributed by atoms with Crippen molar-refractivity contribution in [1.29, 1.82) is 0 Å². The van der Waals surface area contributed by atoms with E-state index in [0.29, 0.717) is 19.8 Å². The molecule has 1 amide bonds. The van der Waals surface area contributed by atoms with Crippen molar-refractivity contribution in [3.63, 3.8) is 0 Å². The maximum Gasteiger partial charge on any atom is 0.251 e. The fourth-order valence-electron chi connectivity index (χ4n) is 3.72. The Labute approximate surface area is 150 Å². The highest BCUT2D eigenvalue weighted by Crippen LogP contribution is 2.42. The minimum atomic E-state index is -0.119. The van der Waals surface area contributed by atoms with E-state index in [1.807, 2.05) is 25.1 Å². The van der Waals surface area contributed by atoms with E-state index in [1.54, 1.807) is 0 Å². The lowest BCUT2D eigenvalue weighted by Crippen LogP contribution is -2.41. The first-order valence-corrected chi connectivity index (χ1v) is 9.27. The summed E-state index contributed by atoms with van der Waals surface area (Å²) in [4.78, 5) is 12.3. The number of hydrogen-bond donors (Lipinski definition) is 1. The van der Waals surface area contributed by atoms with Gasteiger partial charge in [0.25, 0.3) is 5.91 Å². The molecule has 2 saturated heterocycles. The van der Waals surface area contributed by atoms with Gasteiger partial charge < -0.3 is 19.5 Å². The second-order valence-corrected chi connectivity index (χ2v) is 7.21. The number of hydrogen-bond acceptors (Lipinski definition) is 4. The summed E-state index contributed by atoms with van der Waals surface area (Å²) in [5.41, 5.74) is 3.10. The molecule has 2 aliphatic heterocycles. The van der Waals surface area contributed by atoms with Gasteiger partial charge in [0, 0.05) is 30.7 Å². The summed E-state index contributed by atoms with van der Waals surface area (Å²) < 4.78 is 17.1. The molecule has 2 aliphatic rings. The standard InChI is InChI=1S/C20H29NO4/c1-15-4-5-17(14-16(15)2)18(22)21-9-3-6-20(7-10-23-11-8-20)19-24-12-13-25-19/h4-5,14,19H,3,6-13H2,1-2H3,(H,21,22). The van der Waals surface area contributed by atoms with Gasteiger partial charge in [-0.15, -0.1) is 0 Å². The number of carbonyl (C=O) groups excluding carboxylic acids is 1. The van der Waals surface area contributed by atoms with Crippen molar-refractivity contribution in [2.45, 2.75) is 45.8 Å². The maximum atomic E-state index is 12.3. The number of ether oxygens (including phenoxy) is 3. The molecule has 0 aromatic heterocycles. The summed E-state index contributed by atoms with van der Waals surface area (Å²) in [6, 6.07) is 5.83. The topological polar surface area (TPSA) is 56.8 Å². The van der Waals surface area contributed by atoms with Gasteiger partial charge in [-0.05, 0) is 62.8 Å². The second kappa shape index (κ2) is 8.30. The molecule has 2 heterocycles. The lowest BCUT2D eigenvalue weighted by atomic mass is 9.75. The van der Waals surface area contributed by atoms with Gasteiger partial charge in [0.2, 0.25) is 0 Å². The quantitative estimate of drug-likeness (QED) is 0.804. The molecule has 3 rings (SSSR count). The molecule has 0 aliphatic carbocycles. The van der Waals surface area contributed by atoms with Crippen molar-refractivity contribution in [1.82, 2.24) is 5.32 Å². The molecule has 1 N–H and O–H groups in total. The first-order valence-electron chi connectivity index (χ1n) is 9.27. The average molecular weight is 347 g/mol. The van der Waals surface area contributed by atoms with Crippen LogP contribution >= 0.6 is 0 Å². The van der Waals surface area contributed by atoms with Crippen LogP contribution in [0.15, 0.2) is 18.2 Å². The smallest absolute Gasteiger partial charge is 0.251 e. The summed E-state index contributed by atoms with van der Waals surface area (Å²) in [5.74, 6) is -0.00232. The molecule has 1 aromatic rings. The molecule has 2 fully saturated rings. The van der Waals surface area contributed by atoms with Crippen molar-refractivity contribution < 1.29 is 19.0 Å². The summed E-state index contributed by atoms with van der Waals surface area (Å²) in [5, 5.41) is 3.04. The number of rotatable bonds is 6. The summed E-state index contributed by atoms with van der Waals surface area (Å²) in [7, 11) is 0. The Hall–Kier alpha value is -1.43. The highest BCUT2D eigenvalue weighted by Gasteiger charge is 2.43. The number of carbonyl (C=O) groups is 1. The number of benzene rings is 1. The fraction of sp³-hybridized carbons (Fsp3) is 0.650. The normalized spacial score (nSPS) is 20.6. The Morgan fingerprint density at radius 2 is 1.84 bits per heavy atom. The van der Waals surface area contributed by atoms with E-state index >= 15 is 0 Å². The Bertz CT molecular complexity index is 589. The second-order valence-electron chi connectivity index (χ2n) is 7.21. The SMILES string of the molecule is Cc1ccc(C(=O)NCCCC2(C3OCCO3)CCOCC2)cc1C. The molecule has 0 radical (unpaired) electrons. The van der Waals surface area contributed by atoms with Crippen LogP contribution < -0.4 is 5.32 Å². The molecule has 5 nitrogen and oxygen atoms in total. The van der Waals surface area contributed by atoms with E-state index in [4.69, 9.17) is 14.2 Å². The molecule has 0 bridgehead atoms. The monoisotopic (exact) mass is 347 g/mol. The molecule has 0 unspecified atom stereocenters. The van der Waals surface area contributed by atoms with Gasteiger partial charge in [-0.1, -0.05) is 6.07 Å². The summed E-state index contributed by atoms with van der Waals surface area (Å²) >= 11 is 0. The lowest BCUT2D eigenvalue weighted by molar-refractivity contribution is -0.168. The van der Waals surface area contributed by atoms with Crippen LogP contribution in [0.2, 0.25) is 0 Å². The third-order valence-electron chi connectivity index (χ3n) is 5.52. The van der Waals surface area contributed by atoms with Gasteiger partial charge in [-0.25, -0.2) is 0 Å². The molecule has 1 aromatic carbocycles. The zero-order valence-corrected chi connectivity index (χ0v) is 15.3. The summed E-state index contributed by atoms with van der Waals surface area (Å²) in [6.45, 7) is 7.63. The van der Waals surface area contributed by atoms with E-state index in [9.17, 15) is 4.79 Å². The Morgan fingerprint density at radius 1 is 1.12 bits per heavy atom. The first-order chi connectivity index (χ1) is 12.1. The largest absolute Gasteiger partial charge is 0.381 e. The van der Waals surface area contributed by atoms with Gasteiger partial charge in [0.05, 0.1) is 13.2 Å². The Kier molecular flexibility index (Phi) is 6.10. The van der Waals surface area contributed by atoms with E-state index in [0.717, 1.165) is 50.0 Å². The van der Waals surface area contributed by atoms with Gasteiger partial charge in [-0.2, -0.15) is 0 Å². The molecule has 25 heavy (non-hydrogen) atoms. The van der Waals surface area contributed by atoms with Crippen molar-refractivity contribution in [2.75, 3.05) is 33.0 Å². The predicted octanol–water partition coefficient (Wildman–Crippen LogP) is 2.98. The molecule has 0 saturated carbocycles. The van der Waals surface area contributed by atoms with E-state index in [-0.39, 0.29) is 17.6 Å². The van der Waals surface area contributed by atoms with Crippen LogP contribution in [0.3, 0.4) is 0 Å². The van der Waals surface area contributed by atoms with Gasteiger partial charge in [-0.3, -0.25) is 4.79 Å². The van der Waals surface area contributed by atoms with Crippen molar-refractivity contribution in [2.24, 2.45) is 5.41 Å². The van der Waals surface area contributed by atoms with Crippen LogP contribution in [0.4, 0.5) is 0 Å². The van der Waals surface area contributed by atoms with Crippen LogP contribution in [-0.2, 0) is 14.2 Å². The third kappa shape index (κ3) is 4.40. The molecular formula is C20H29NO4. The Balaban J connectivity index is 1.50. The van der Waals surface area contributed by atoms with Gasteiger partial charge >= 0.3 is 0 Å². The van der Waals surface area contributed by atoms with Crippen LogP contribution in [-0.4, -0.2) is 45.2 Å². The lowest BCUT2D eigenvalue weighted by Gasteiger charge is -2.40. The van der Waals surface area contributed by atoms with E-state index < -0.39 is 0 Å². The Morgan fingerprint density at radius 3 is 2.52 bits per heavy atom. The average Bonchev–Trinajstić information content (AvgIpc) is 3.17. The van der Waals surface area contributed by atoms with Crippen LogP contribution in [0, 0.1) is 19.3 Å². The van der Waals surface area contributed by atoms with E-state index in [1.165, 1.54) is 5.56 Å². The van der Waals surface area contributed by atoms with E-state index in [2.05, 4.69) is 12.2 Å². The highest BCUT2D eigenvalue weighted by molar-refractivity contribution is 5.94. The minimum absolute atomic E-state index is 0.00232. The van der Waals surface area contributed by atoms with Gasteiger partial charge in [0.15, 0.2) is 6.29 Å². The van der Waals surface area contributed by atoms with Crippen LogP contribution in [0.5, 0.6) is 0 Å². The maximum absolute atomic E-state index is 12.3. The van der Waals surface area contributed by atoms with Gasteiger partial charge in [0.1, 0.15) is 0 Å². The summed E-state index contributed by atoms with van der Waals surface area (Å²) in [6.07, 6.45) is 3.70. The first kappa shape index (κ1) is 18.4. The molecule has 138 valence electrons. The molecule has 0 spiro atoms. The predicted molar refractivity (Wildman–Crippen MR) is 95.7 cm³/mol. The van der Waals surface area contributed by atoms with Crippen molar-refractivity contribution in [3.05, 3.63) is 34.9 Å². The zero-order valence-electron chi connectivity index (χ0n) is 15.3. The fourth-order valence-corrected chi connectivity index (χ4v) is 3.72.